The quantitative estimate of drug-likeness (QED) is 0.461. The smallest absolute Gasteiger partial charge is 0.149 e. The lowest BCUT2D eigenvalue weighted by molar-refractivity contribution is 0.319. The van der Waals surface area contributed by atoms with E-state index in [1.165, 1.54) is 0 Å². The van der Waals surface area contributed by atoms with Crippen LogP contribution in [0.15, 0.2) is 29.4 Å². The normalized spacial score (nSPS) is 11.4. The summed E-state index contributed by atoms with van der Waals surface area (Å²) in [5, 5.41) is 11.4. The summed E-state index contributed by atoms with van der Waals surface area (Å²) in [5.74, 6) is 0.792. The monoisotopic (exact) mass is 199 g/mol. The first-order chi connectivity index (χ1) is 6.26. The van der Waals surface area contributed by atoms with Crippen molar-refractivity contribution >= 4 is 16.8 Å². The zero-order valence-electron chi connectivity index (χ0n) is 7.20. The van der Waals surface area contributed by atoms with Gasteiger partial charge in [0.25, 0.3) is 0 Å². The van der Waals surface area contributed by atoms with Crippen molar-refractivity contribution < 1.29 is 9.94 Å². The Morgan fingerprint density at radius 1 is 1.46 bits per heavy atom. The number of nitrogens with zero attached hydrogens (tertiary/aromatic N) is 1. The summed E-state index contributed by atoms with van der Waals surface area (Å²) in [6.45, 7) is 0. The van der Waals surface area contributed by atoms with Crippen molar-refractivity contribution in [2.45, 2.75) is 6.42 Å². The average molecular weight is 200 g/mol. The molecule has 0 aliphatic carbocycles. The van der Waals surface area contributed by atoms with Gasteiger partial charge in [-0.15, -0.1) is 0 Å². The summed E-state index contributed by atoms with van der Waals surface area (Å²) >= 11 is 5.54. The number of methoxy groups -OCH3 is 1. The molecule has 0 amide bonds. The predicted octanol–water partition coefficient (Wildman–Crippen LogP) is 2.26. The number of halogens is 1. The third kappa shape index (κ3) is 2.95. The Morgan fingerprint density at radius 2 is 2.08 bits per heavy atom. The lowest BCUT2D eigenvalue weighted by atomic mass is 10.1. The van der Waals surface area contributed by atoms with Gasteiger partial charge in [-0.3, -0.25) is 0 Å². The largest absolute Gasteiger partial charge is 0.497 e. The highest BCUT2D eigenvalue weighted by Crippen LogP contribution is 2.12. The van der Waals surface area contributed by atoms with Gasteiger partial charge in [-0.05, 0) is 17.7 Å². The molecular formula is C9H10ClNO2. The van der Waals surface area contributed by atoms with Gasteiger partial charge in [0.05, 0.1) is 7.11 Å². The van der Waals surface area contributed by atoms with Crippen LogP contribution in [-0.4, -0.2) is 17.5 Å². The molecule has 0 atom stereocenters. The molecule has 0 saturated carbocycles. The van der Waals surface area contributed by atoms with Crippen LogP contribution in [0.4, 0.5) is 0 Å². The molecule has 0 fully saturated rings. The van der Waals surface area contributed by atoms with Crippen LogP contribution in [0.2, 0.25) is 0 Å². The van der Waals surface area contributed by atoms with E-state index in [-0.39, 0.29) is 5.17 Å². The molecular weight excluding hydrogens is 190 g/mol. The van der Waals surface area contributed by atoms with Crippen molar-refractivity contribution in [1.29, 1.82) is 0 Å². The highest BCUT2D eigenvalue weighted by Gasteiger charge is 1.98. The van der Waals surface area contributed by atoms with Crippen molar-refractivity contribution in [3.63, 3.8) is 0 Å². The fraction of sp³-hybridized carbons (Fsp3) is 0.222. The summed E-state index contributed by atoms with van der Waals surface area (Å²) in [7, 11) is 1.61. The molecule has 0 spiro atoms. The van der Waals surface area contributed by atoms with Crippen LogP contribution in [0.1, 0.15) is 5.56 Å². The van der Waals surface area contributed by atoms with Crippen LogP contribution in [0, 0.1) is 0 Å². The molecule has 1 N–H and O–H groups in total. The Kier molecular flexibility index (Phi) is 3.58. The van der Waals surface area contributed by atoms with Gasteiger partial charge < -0.3 is 9.94 Å². The minimum atomic E-state index is 0.171. The maximum Gasteiger partial charge on any atom is 0.149 e. The lowest BCUT2D eigenvalue weighted by Crippen LogP contribution is -1.94. The zero-order chi connectivity index (χ0) is 9.68. The molecule has 0 aliphatic rings. The van der Waals surface area contributed by atoms with Gasteiger partial charge in [0, 0.05) is 6.42 Å². The van der Waals surface area contributed by atoms with Crippen LogP contribution >= 0.6 is 11.6 Å². The number of hydrogen-bond acceptors (Lipinski definition) is 3. The molecule has 1 aromatic carbocycles. The molecule has 1 rings (SSSR count). The molecule has 3 nitrogen and oxygen atoms in total. The second-order valence-electron chi connectivity index (χ2n) is 2.50. The van der Waals surface area contributed by atoms with Crippen molar-refractivity contribution in [2.24, 2.45) is 5.16 Å². The van der Waals surface area contributed by atoms with E-state index >= 15 is 0 Å². The maximum atomic E-state index is 8.33. The van der Waals surface area contributed by atoms with Gasteiger partial charge >= 0.3 is 0 Å². The molecule has 0 saturated heterocycles. The number of rotatable bonds is 3. The molecule has 0 heterocycles. The van der Waals surface area contributed by atoms with E-state index in [2.05, 4.69) is 5.16 Å². The summed E-state index contributed by atoms with van der Waals surface area (Å²) in [4.78, 5) is 0. The first-order valence-corrected chi connectivity index (χ1v) is 4.13. The predicted molar refractivity (Wildman–Crippen MR) is 51.8 cm³/mol. The van der Waals surface area contributed by atoms with Gasteiger partial charge in [0.1, 0.15) is 10.9 Å². The van der Waals surface area contributed by atoms with E-state index in [9.17, 15) is 0 Å². The molecule has 0 radical (unpaired) electrons. The summed E-state index contributed by atoms with van der Waals surface area (Å²) in [6.07, 6.45) is 0.433. The van der Waals surface area contributed by atoms with E-state index in [1.54, 1.807) is 7.11 Å². The Balaban J connectivity index is 2.69. The molecule has 13 heavy (non-hydrogen) atoms. The summed E-state index contributed by atoms with van der Waals surface area (Å²) in [6, 6.07) is 7.40. The number of ether oxygens (including phenoxy) is 1. The summed E-state index contributed by atoms with van der Waals surface area (Å²) < 4.78 is 4.99. The van der Waals surface area contributed by atoms with Gasteiger partial charge in [0.15, 0.2) is 0 Å². The standard InChI is InChI=1S/C9H10ClNO2/c1-13-8-4-2-7(3-5-8)6-9(10)11-12/h2-5,12H,6H2,1H3/b11-9-. The maximum absolute atomic E-state index is 8.33. The van der Waals surface area contributed by atoms with Gasteiger partial charge in [-0.25, -0.2) is 0 Å². The fourth-order valence-electron chi connectivity index (χ4n) is 0.947. The number of oxime groups is 1. The van der Waals surface area contributed by atoms with Crippen molar-refractivity contribution in [3.8, 4) is 5.75 Å². The van der Waals surface area contributed by atoms with E-state index < -0.39 is 0 Å². The molecule has 0 aromatic heterocycles. The third-order valence-electron chi connectivity index (χ3n) is 1.62. The van der Waals surface area contributed by atoms with Crippen LogP contribution in [0.5, 0.6) is 5.75 Å². The topological polar surface area (TPSA) is 41.8 Å². The minimum absolute atomic E-state index is 0.171. The van der Waals surface area contributed by atoms with Crippen LogP contribution < -0.4 is 4.74 Å². The Hall–Kier alpha value is -1.22. The van der Waals surface area contributed by atoms with Crippen molar-refractivity contribution in [3.05, 3.63) is 29.8 Å². The molecule has 0 unspecified atom stereocenters. The first kappa shape index (κ1) is 9.86. The van der Waals surface area contributed by atoms with E-state index in [0.717, 1.165) is 11.3 Å². The molecule has 4 heteroatoms. The highest BCUT2D eigenvalue weighted by molar-refractivity contribution is 6.65. The third-order valence-corrected chi connectivity index (χ3v) is 1.83. The van der Waals surface area contributed by atoms with Crippen LogP contribution in [0.3, 0.4) is 0 Å². The highest BCUT2D eigenvalue weighted by atomic mass is 35.5. The van der Waals surface area contributed by atoms with Crippen LogP contribution in [-0.2, 0) is 6.42 Å². The lowest BCUT2D eigenvalue weighted by Gasteiger charge is -2.01. The van der Waals surface area contributed by atoms with Crippen molar-refractivity contribution in [1.82, 2.24) is 0 Å². The zero-order valence-corrected chi connectivity index (χ0v) is 7.95. The van der Waals surface area contributed by atoms with E-state index in [4.69, 9.17) is 21.5 Å². The van der Waals surface area contributed by atoms with Gasteiger partial charge in [-0.1, -0.05) is 28.9 Å². The second kappa shape index (κ2) is 4.72. The number of hydrogen-bond donors (Lipinski definition) is 1. The molecule has 0 aliphatic heterocycles. The first-order valence-electron chi connectivity index (χ1n) is 3.75. The van der Waals surface area contributed by atoms with Gasteiger partial charge in [-0.2, -0.15) is 0 Å². The Labute approximate surface area is 81.6 Å². The molecule has 1 aromatic rings. The molecule has 0 bridgehead atoms. The SMILES string of the molecule is COc1ccc(C/C(Cl)=N/O)cc1. The fourth-order valence-corrected chi connectivity index (χ4v) is 1.10. The minimum Gasteiger partial charge on any atom is -0.497 e. The van der Waals surface area contributed by atoms with Gasteiger partial charge in [0.2, 0.25) is 0 Å². The number of benzene rings is 1. The average Bonchev–Trinajstić information content (AvgIpc) is 2.19. The second-order valence-corrected chi connectivity index (χ2v) is 2.94. The molecule has 70 valence electrons. The summed E-state index contributed by atoms with van der Waals surface area (Å²) in [5.41, 5.74) is 0.976. The Morgan fingerprint density at radius 3 is 2.54 bits per heavy atom. The van der Waals surface area contributed by atoms with E-state index in [1.807, 2.05) is 24.3 Å². The van der Waals surface area contributed by atoms with E-state index in [0.29, 0.717) is 6.42 Å². The Bertz CT molecular complexity index is 295. The van der Waals surface area contributed by atoms with Crippen molar-refractivity contribution in [2.75, 3.05) is 7.11 Å². The van der Waals surface area contributed by atoms with Crippen LogP contribution in [0.25, 0.3) is 0 Å².